The van der Waals surface area contributed by atoms with E-state index in [2.05, 4.69) is 66.7 Å². The Balaban J connectivity index is 1.39. The number of nitrogens with one attached hydrogen (secondary N) is 2. The van der Waals surface area contributed by atoms with Crippen molar-refractivity contribution in [1.82, 2.24) is 9.97 Å². The van der Waals surface area contributed by atoms with Crippen molar-refractivity contribution in [2.45, 2.75) is 17.7 Å². The Morgan fingerprint density at radius 3 is 3.04 bits per heavy atom. The third kappa shape index (κ3) is 4.10. The molecule has 2 aromatic heterocycles. The van der Waals surface area contributed by atoms with Crippen molar-refractivity contribution in [2.24, 2.45) is 10.9 Å². The van der Waals surface area contributed by atoms with E-state index in [1.54, 1.807) is 0 Å². The summed E-state index contributed by atoms with van der Waals surface area (Å²) in [5, 5.41) is 5.43. The van der Waals surface area contributed by atoms with Crippen LogP contribution in [0.15, 0.2) is 52.8 Å². The van der Waals surface area contributed by atoms with Gasteiger partial charge in [0.1, 0.15) is 11.3 Å². The Hall–Kier alpha value is -1.85. The summed E-state index contributed by atoms with van der Waals surface area (Å²) in [6.07, 6.45) is 14.2. The van der Waals surface area contributed by atoms with E-state index < -0.39 is 0 Å². The number of hydrogen-bond donors (Lipinski definition) is 2. The van der Waals surface area contributed by atoms with Crippen LogP contribution in [0.4, 0.5) is 5.82 Å². The number of halogens is 2. The number of aromatic nitrogens is 2. The molecule has 0 aromatic carbocycles. The summed E-state index contributed by atoms with van der Waals surface area (Å²) in [6.45, 7) is 1.64. The van der Waals surface area contributed by atoms with E-state index in [0.29, 0.717) is 10.7 Å². The molecule has 134 valence electrons. The second-order valence-corrected chi connectivity index (χ2v) is 8.27. The highest BCUT2D eigenvalue weighted by atomic mass is 79.9. The molecule has 0 spiro atoms. The van der Waals surface area contributed by atoms with Crippen molar-refractivity contribution in [1.29, 1.82) is 0 Å². The first kappa shape index (κ1) is 17.6. The van der Waals surface area contributed by atoms with E-state index >= 15 is 0 Å². The average Bonchev–Trinajstić information content (AvgIpc) is 3.04. The van der Waals surface area contributed by atoms with Gasteiger partial charge in [0, 0.05) is 35.6 Å². The lowest BCUT2D eigenvalue weighted by Gasteiger charge is -2.15. The van der Waals surface area contributed by atoms with Crippen molar-refractivity contribution in [2.75, 3.05) is 18.4 Å². The van der Waals surface area contributed by atoms with Crippen molar-refractivity contribution in [3.8, 4) is 0 Å². The fourth-order valence-corrected chi connectivity index (χ4v) is 3.79. The van der Waals surface area contributed by atoms with Crippen molar-refractivity contribution < 1.29 is 0 Å². The zero-order chi connectivity index (χ0) is 17.9. The second kappa shape index (κ2) is 7.80. The lowest BCUT2D eigenvalue weighted by molar-refractivity contribution is 0.689. The lowest BCUT2D eigenvalue weighted by Crippen LogP contribution is -2.32. The number of nitrogens with zero attached hydrogens (tertiary/aromatic N) is 2. The van der Waals surface area contributed by atoms with Crippen LogP contribution in [0.3, 0.4) is 0 Å². The summed E-state index contributed by atoms with van der Waals surface area (Å²) < 4.78 is 0. The quantitative estimate of drug-likeness (QED) is 0.714. The van der Waals surface area contributed by atoms with Crippen molar-refractivity contribution in [3.63, 3.8) is 0 Å². The van der Waals surface area contributed by atoms with Crippen LogP contribution in [0, 0.1) is 5.92 Å². The molecule has 0 saturated carbocycles. The van der Waals surface area contributed by atoms with Gasteiger partial charge >= 0.3 is 0 Å². The fourth-order valence-electron chi connectivity index (χ4n) is 3.22. The average molecular weight is 432 g/mol. The molecule has 26 heavy (non-hydrogen) atoms. The van der Waals surface area contributed by atoms with Crippen LogP contribution in [0.5, 0.6) is 0 Å². The summed E-state index contributed by atoms with van der Waals surface area (Å²) in [5.74, 6) is 1.36. The van der Waals surface area contributed by atoms with E-state index in [9.17, 15) is 0 Å². The Labute approximate surface area is 165 Å². The molecule has 2 atom stereocenters. The van der Waals surface area contributed by atoms with Crippen LogP contribution >= 0.6 is 27.5 Å². The van der Waals surface area contributed by atoms with E-state index in [1.807, 2.05) is 18.3 Å². The van der Waals surface area contributed by atoms with Crippen LogP contribution in [0.1, 0.15) is 17.5 Å². The first-order valence-corrected chi connectivity index (χ1v) is 10.1. The number of pyridine rings is 1. The smallest absolute Gasteiger partial charge is 0.132 e. The summed E-state index contributed by atoms with van der Waals surface area (Å²) in [5.41, 5.74) is 3.43. The molecule has 0 bridgehead atoms. The predicted octanol–water partition coefficient (Wildman–Crippen LogP) is 3.29. The molecule has 0 amide bonds. The molecule has 1 aliphatic heterocycles. The van der Waals surface area contributed by atoms with Gasteiger partial charge in [0.25, 0.3) is 0 Å². The molecule has 6 heteroatoms. The molecule has 3 heterocycles. The predicted molar refractivity (Wildman–Crippen MR) is 110 cm³/mol. The van der Waals surface area contributed by atoms with Crippen LogP contribution in [-0.4, -0.2) is 27.9 Å². The zero-order valence-corrected chi connectivity index (χ0v) is 16.6. The minimum Gasteiger partial charge on any atom is -0.369 e. The molecular formula is C20H20BrClN4. The number of allylic oxidation sites excluding steroid dienone is 3. The lowest BCUT2D eigenvalue weighted by atomic mass is 10.0. The van der Waals surface area contributed by atoms with E-state index in [0.717, 1.165) is 42.3 Å². The molecule has 2 aromatic rings. The maximum absolute atomic E-state index is 5.96. The van der Waals surface area contributed by atoms with Gasteiger partial charge in [-0.1, -0.05) is 51.8 Å². The first-order valence-electron chi connectivity index (χ1n) is 8.77. The van der Waals surface area contributed by atoms with E-state index in [4.69, 9.17) is 11.6 Å². The SMILES string of the molecule is ClC1=CCC(CNc2ccc(Cc3c[nH]c4c3=CC(Br)CN=4)cn2)C=C1. The van der Waals surface area contributed by atoms with Crippen LogP contribution in [0.2, 0.25) is 0 Å². The standard InChI is InChI=1S/C20H20BrClN4/c21-16-8-18-15(11-25-20(18)26-12-16)7-14-3-6-19(24-10-14)23-9-13-1-4-17(22)5-2-13/h1,3-6,8,10-11,13,16H,2,7,9,12H2,(H,23,24)(H,25,26). The van der Waals surface area contributed by atoms with Crippen molar-refractivity contribution in [3.05, 3.63) is 69.6 Å². The van der Waals surface area contributed by atoms with Gasteiger partial charge in [0.15, 0.2) is 0 Å². The number of H-pyrrole nitrogens is 1. The summed E-state index contributed by atoms with van der Waals surface area (Å²) >= 11 is 9.58. The summed E-state index contributed by atoms with van der Waals surface area (Å²) in [4.78, 5) is 12.7. The normalized spacial score (nSPS) is 21.4. The van der Waals surface area contributed by atoms with Gasteiger partial charge < -0.3 is 10.3 Å². The van der Waals surface area contributed by atoms with Gasteiger partial charge in [0.05, 0.1) is 11.4 Å². The molecule has 4 nitrogen and oxygen atoms in total. The topological polar surface area (TPSA) is 53.1 Å². The summed E-state index contributed by atoms with van der Waals surface area (Å²) in [6, 6.07) is 4.18. The number of hydrogen-bond acceptors (Lipinski definition) is 3. The van der Waals surface area contributed by atoms with Gasteiger partial charge in [-0.2, -0.15) is 0 Å². The number of rotatable bonds is 5. The van der Waals surface area contributed by atoms with Gasteiger partial charge in [-0.25, -0.2) is 4.98 Å². The van der Waals surface area contributed by atoms with Crippen LogP contribution in [-0.2, 0) is 6.42 Å². The monoisotopic (exact) mass is 430 g/mol. The zero-order valence-electron chi connectivity index (χ0n) is 14.3. The van der Waals surface area contributed by atoms with Crippen LogP contribution < -0.4 is 16.0 Å². The van der Waals surface area contributed by atoms with Gasteiger partial charge in [0.2, 0.25) is 0 Å². The number of anilines is 1. The largest absolute Gasteiger partial charge is 0.369 e. The molecule has 2 N–H and O–H groups in total. The molecule has 2 unspecified atom stereocenters. The van der Waals surface area contributed by atoms with Gasteiger partial charge in [-0.3, -0.25) is 4.99 Å². The highest BCUT2D eigenvalue weighted by Crippen LogP contribution is 2.19. The molecule has 0 fully saturated rings. The number of alkyl halides is 1. The number of fused-ring (bicyclic) bond motifs is 1. The molecule has 2 aliphatic rings. The van der Waals surface area contributed by atoms with E-state index in [1.165, 1.54) is 16.3 Å². The highest BCUT2D eigenvalue weighted by molar-refractivity contribution is 9.09. The Kier molecular flexibility index (Phi) is 5.27. The minimum atomic E-state index is 0.313. The maximum Gasteiger partial charge on any atom is 0.132 e. The fraction of sp³-hybridized carbons (Fsp3) is 0.300. The molecule has 0 radical (unpaired) electrons. The Morgan fingerprint density at radius 1 is 1.35 bits per heavy atom. The van der Waals surface area contributed by atoms with Gasteiger partial charge in [-0.05, 0) is 35.6 Å². The highest BCUT2D eigenvalue weighted by Gasteiger charge is 2.10. The first-order chi connectivity index (χ1) is 12.7. The Morgan fingerprint density at radius 2 is 2.27 bits per heavy atom. The maximum atomic E-state index is 5.96. The third-order valence-corrected chi connectivity index (χ3v) is 5.50. The molecule has 1 aliphatic carbocycles. The molecular weight excluding hydrogens is 412 g/mol. The Bertz CT molecular complexity index is 959. The van der Waals surface area contributed by atoms with E-state index in [-0.39, 0.29) is 0 Å². The number of aromatic amines is 1. The van der Waals surface area contributed by atoms with Crippen LogP contribution in [0.25, 0.3) is 6.08 Å². The third-order valence-electron chi connectivity index (χ3n) is 4.66. The van der Waals surface area contributed by atoms with Gasteiger partial charge in [-0.15, -0.1) is 0 Å². The molecule has 0 saturated heterocycles. The summed E-state index contributed by atoms with van der Waals surface area (Å²) in [7, 11) is 0. The van der Waals surface area contributed by atoms with Crippen molar-refractivity contribution >= 4 is 39.4 Å². The minimum absolute atomic E-state index is 0.313. The molecule has 4 rings (SSSR count). The second-order valence-electron chi connectivity index (χ2n) is 6.65.